The first-order valence-corrected chi connectivity index (χ1v) is 7.74. The second-order valence-corrected chi connectivity index (χ2v) is 7.77. The smallest absolute Gasteiger partial charge is 0.232 e. The average Bonchev–Trinajstić information content (AvgIpc) is 2.58. The molecule has 2 fully saturated rings. The molecule has 2 unspecified atom stereocenters. The maximum absolute atomic E-state index is 12.0. The number of nitriles is 1. The Morgan fingerprint density at radius 1 is 1.26 bits per heavy atom. The van der Waals surface area contributed by atoms with Crippen molar-refractivity contribution in [2.45, 2.75) is 41.8 Å². The van der Waals surface area contributed by atoms with Gasteiger partial charge in [-0.1, -0.05) is 0 Å². The van der Waals surface area contributed by atoms with Crippen molar-refractivity contribution in [3.05, 3.63) is 23.8 Å². The molecule has 0 aliphatic carbocycles. The molecule has 1 aromatic rings. The summed E-state index contributed by atoms with van der Waals surface area (Å²) in [6.07, 6.45) is 4.47. The van der Waals surface area contributed by atoms with Crippen molar-refractivity contribution >= 4 is 9.84 Å². The van der Waals surface area contributed by atoms with Gasteiger partial charge in [-0.25, -0.2) is 18.4 Å². The van der Waals surface area contributed by atoms with E-state index in [0.717, 1.165) is 0 Å². The van der Waals surface area contributed by atoms with Crippen LogP contribution in [0, 0.1) is 11.3 Å². The molecule has 3 rings (SSSR count). The Bertz CT molecular complexity index is 628. The third kappa shape index (κ3) is 1.83. The van der Waals surface area contributed by atoms with E-state index in [0.29, 0.717) is 18.4 Å². The van der Waals surface area contributed by atoms with Crippen LogP contribution in [-0.2, 0) is 15.4 Å². The summed E-state index contributed by atoms with van der Waals surface area (Å²) >= 11 is 0. The lowest BCUT2D eigenvalue weighted by molar-refractivity contribution is 0.0166. The lowest BCUT2D eigenvalue weighted by atomic mass is 9.88. The molecule has 0 spiro atoms. The summed E-state index contributed by atoms with van der Waals surface area (Å²) < 4.78 is 24.0. The fourth-order valence-electron chi connectivity index (χ4n) is 3.11. The zero-order chi connectivity index (χ0) is 13.7. The van der Waals surface area contributed by atoms with Gasteiger partial charge in [0.25, 0.3) is 0 Å². The minimum absolute atomic E-state index is 0.0405. The molecular weight excluding hydrogens is 266 g/mol. The minimum atomic E-state index is -3.07. The predicted molar refractivity (Wildman–Crippen MR) is 65.6 cm³/mol. The van der Waals surface area contributed by atoms with Gasteiger partial charge in [-0.2, -0.15) is 5.26 Å². The number of nitrogens with zero attached hydrogens (tertiary/aromatic N) is 3. The van der Waals surface area contributed by atoms with Gasteiger partial charge < -0.3 is 5.11 Å². The van der Waals surface area contributed by atoms with Crippen LogP contribution >= 0.6 is 0 Å². The van der Waals surface area contributed by atoms with E-state index in [4.69, 9.17) is 5.26 Å². The van der Waals surface area contributed by atoms with Gasteiger partial charge >= 0.3 is 0 Å². The molecule has 2 aliphatic heterocycles. The molecular formula is C12H13N3O3S. The van der Waals surface area contributed by atoms with Gasteiger partial charge in [-0.3, -0.25) is 0 Å². The summed E-state index contributed by atoms with van der Waals surface area (Å²) in [5.41, 5.74) is -0.691. The molecule has 1 aromatic heterocycles. The molecule has 0 radical (unpaired) electrons. The highest BCUT2D eigenvalue weighted by atomic mass is 32.2. The monoisotopic (exact) mass is 279 g/mol. The van der Waals surface area contributed by atoms with E-state index in [1.165, 1.54) is 12.4 Å². The quantitative estimate of drug-likeness (QED) is 0.791. The van der Waals surface area contributed by atoms with Crippen molar-refractivity contribution < 1.29 is 13.5 Å². The summed E-state index contributed by atoms with van der Waals surface area (Å²) in [6.45, 7) is 0. The molecule has 19 heavy (non-hydrogen) atoms. The number of aromatic nitrogens is 2. The number of hydrogen-bond donors (Lipinski definition) is 1. The Labute approximate surface area is 111 Å². The van der Waals surface area contributed by atoms with Crippen LogP contribution < -0.4 is 0 Å². The molecule has 100 valence electrons. The Hall–Kier alpha value is -1.52. The molecule has 2 atom stereocenters. The van der Waals surface area contributed by atoms with E-state index in [9.17, 15) is 13.5 Å². The van der Waals surface area contributed by atoms with E-state index < -0.39 is 25.9 Å². The molecule has 2 aliphatic rings. The Kier molecular flexibility index (Phi) is 2.62. The van der Waals surface area contributed by atoms with Crippen molar-refractivity contribution in [2.24, 2.45) is 0 Å². The SMILES string of the molecule is N#Cc1ncc(C2(O)CC3CCC(C2)S3(=O)=O)cn1. The first kappa shape index (κ1) is 12.5. The average molecular weight is 279 g/mol. The van der Waals surface area contributed by atoms with Gasteiger partial charge in [-0.15, -0.1) is 0 Å². The molecule has 0 aromatic carbocycles. The molecule has 0 amide bonds. The second kappa shape index (κ2) is 3.99. The molecule has 2 bridgehead atoms. The van der Waals surface area contributed by atoms with E-state index in [2.05, 4.69) is 9.97 Å². The normalized spacial score (nSPS) is 35.8. The first-order valence-electron chi connectivity index (χ1n) is 6.13. The van der Waals surface area contributed by atoms with Gasteiger partial charge in [0.2, 0.25) is 5.82 Å². The van der Waals surface area contributed by atoms with E-state index in [-0.39, 0.29) is 18.7 Å². The van der Waals surface area contributed by atoms with Crippen molar-refractivity contribution in [1.29, 1.82) is 5.26 Å². The molecule has 0 saturated carbocycles. The second-order valence-electron chi connectivity index (χ2n) is 5.26. The zero-order valence-corrected chi connectivity index (χ0v) is 11.0. The van der Waals surface area contributed by atoms with Crippen LogP contribution in [0.4, 0.5) is 0 Å². The number of hydrogen-bond acceptors (Lipinski definition) is 6. The van der Waals surface area contributed by atoms with Crippen LogP contribution in [0.1, 0.15) is 37.1 Å². The van der Waals surface area contributed by atoms with Crippen LogP contribution in [0.15, 0.2) is 12.4 Å². The van der Waals surface area contributed by atoms with Crippen LogP contribution in [0.5, 0.6) is 0 Å². The van der Waals surface area contributed by atoms with Crippen LogP contribution in [-0.4, -0.2) is 34.0 Å². The third-order valence-corrected chi connectivity index (χ3v) is 6.82. The van der Waals surface area contributed by atoms with Crippen LogP contribution in [0.25, 0.3) is 0 Å². The van der Waals surface area contributed by atoms with Gasteiger partial charge in [0.05, 0.1) is 16.1 Å². The molecule has 7 heteroatoms. The largest absolute Gasteiger partial charge is 0.385 e. The van der Waals surface area contributed by atoms with E-state index in [1.807, 2.05) is 6.07 Å². The lowest BCUT2D eigenvalue weighted by Gasteiger charge is -2.35. The predicted octanol–water partition coefficient (Wildman–Crippen LogP) is 0.275. The first-order chi connectivity index (χ1) is 8.95. The maximum atomic E-state index is 12.0. The summed E-state index contributed by atoms with van der Waals surface area (Å²) in [4.78, 5) is 7.69. The van der Waals surface area contributed by atoms with E-state index in [1.54, 1.807) is 0 Å². The highest BCUT2D eigenvalue weighted by molar-refractivity contribution is 7.93. The highest BCUT2D eigenvalue weighted by Crippen LogP contribution is 2.47. The van der Waals surface area contributed by atoms with Crippen molar-refractivity contribution in [2.75, 3.05) is 0 Å². The van der Waals surface area contributed by atoms with Crippen molar-refractivity contribution in [1.82, 2.24) is 9.97 Å². The van der Waals surface area contributed by atoms with Crippen molar-refractivity contribution in [3.63, 3.8) is 0 Å². The van der Waals surface area contributed by atoms with Gasteiger partial charge in [0.1, 0.15) is 6.07 Å². The van der Waals surface area contributed by atoms with Crippen LogP contribution in [0.3, 0.4) is 0 Å². The van der Waals surface area contributed by atoms with E-state index >= 15 is 0 Å². The maximum Gasteiger partial charge on any atom is 0.232 e. The van der Waals surface area contributed by atoms with Gasteiger partial charge in [0.15, 0.2) is 9.84 Å². The highest BCUT2D eigenvalue weighted by Gasteiger charge is 2.53. The minimum Gasteiger partial charge on any atom is -0.385 e. The molecule has 2 saturated heterocycles. The van der Waals surface area contributed by atoms with Crippen LogP contribution in [0.2, 0.25) is 0 Å². The summed E-state index contributed by atoms with van der Waals surface area (Å²) in [6, 6.07) is 1.81. The Morgan fingerprint density at radius 3 is 2.26 bits per heavy atom. The number of fused-ring (bicyclic) bond motifs is 2. The summed E-state index contributed by atoms with van der Waals surface area (Å²) in [5, 5.41) is 18.4. The third-order valence-electron chi connectivity index (χ3n) is 4.16. The fraction of sp³-hybridized carbons (Fsp3) is 0.583. The summed E-state index contributed by atoms with van der Waals surface area (Å²) in [5.74, 6) is 0.0405. The van der Waals surface area contributed by atoms with Crippen molar-refractivity contribution in [3.8, 4) is 6.07 Å². The molecule has 1 N–H and O–H groups in total. The number of sulfone groups is 1. The fourth-order valence-corrected chi connectivity index (χ4v) is 5.60. The molecule has 6 nitrogen and oxygen atoms in total. The Morgan fingerprint density at radius 2 is 1.79 bits per heavy atom. The number of rotatable bonds is 1. The summed E-state index contributed by atoms with van der Waals surface area (Å²) in [7, 11) is -3.07. The zero-order valence-electron chi connectivity index (χ0n) is 10.2. The number of aliphatic hydroxyl groups is 1. The standard InChI is InChI=1S/C12H13N3O3S/c13-5-11-14-6-8(7-15-11)12(16)3-9-1-2-10(4-12)19(9,17)18/h6-7,9-10,16H,1-4H2. The molecule has 3 heterocycles. The topological polar surface area (TPSA) is 104 Å². The Balaban J connectivity index is 1.95. The van der Waals surface area contributed by atoms with Gasteiger partial charge in [-0.05, 0) is 25.7 Å². The van der Waals surface area contributed by atoms with Gasteiger partial charge in [0, 0.05) is 18.0 Å². The lowest BCUT2D eigenvalue weighted by Crippen LogP contribution is -2.43.